The van der Waals surface area contributed by atoms with Crippen molar-refractivity contribution in [1.82, 2.24) is 0 Å². The SMILES string of the molecule is CCCCCCCCCC1(c2ccc(C=O)cc2)CC1. The van der Waals surface area contributed by atoms with Gasteiger partial charge in [0.2, 0.25) is 0 Å². The second-order valence-electron chi connectivity index (χ2n) is 6.39. The highest BCUT2D eigenvalue weighted by molar-refractivity contribution is 5.74. The first-order valence-corrected chi connectivity index (χ1v) is 8.36. The van der Waals surface area contributed by atoms with E-state index in [-0.39, 0.29) is 0 Å². The fourth-order valence-electron chi connectivity index (χ4n) is 3.17. The van der Waals surface area contributed by atoms with Gasteiger partial charge in [-0.2, -0.15) is 0 Å². The van der Waals surface area contributed by atoms with Crippen LogP contribution in [0.1, 0.15) is 87.1 Å². The number of carbonyl (C=O) groups is 1. The molecular weight excluding hydrogens is 244 g/mol. The maximum atomic E-state index is 10.7. The van der Waals surface area contributed by atoms with Gasteiger partial charge in [0.1, 0.15) is 6.29 Å². The number of carbonyl (C=O) groups excluding carboxylic acids is 1. The van der Waals surface area contributed by atoms with Crippen molar-refractivity contribution in [3.05, 3.63) is 35.4 Å². The molecule has 1 aliphatic carbocycles. The van der Waals surface area contributed by atoms with E-state index < -0.39 is 0 Å². The van der Waals surface area contributed by atoms with Gasteiger partial charge < -0.3 is 0 Å². The van der Waals surface area contributed by atoms with Gasteiger partial charge in [-0.05, 0) is 30.2 Å². The van der Waals surface area contributed by atoms with E-state index in [0.29, 0.717) is 5.41 Å². The summed E-state index contributed by atoms with van der Waals surface area (Å²) in [4.78, 5) is 10.7. The molecule has 0 N–H and O–H groups in total. The van der Waals surface area contributed by atoms with Crippen molar-refractivity contribution in [1.29, 1.82) is 0 Å². The Kier molecular flexibility index (Phi) is 5.82. The molecule has 0 saturated heterocycles. The average Bonchev–Trinajstić information content (AvgIpc) is 3.28. The minimum atomic E-state index is 0.463. The number of unbranched alkanes of at least 4 members (excludes halogenated alkanes) is 6. The lowest BCUT2D eigenvalue weighted by atomic mass is 9.89. The smallest absolute Gasteiger partial charge is 0.150 e. The van der Waals surface area contributed by atoms with Crippen LogP contribution in [0.3, 0.4) is 0 Å². The van der Waals surface area contributed by atoms with E-state index in [2.05, 4.69) is 19.1 Å². The Morgan fingerprint density at radius 3 is 2.10 bits per heavy atom. The highest BCUT2D eigenvalue weighted by Crippen LogP contribution is 2.52. The van der Waals surface area contributed by atoms with Gasteiger partial charge in [0.15, 0.2) is 0 Å². The highest BCUT2D eigenvalue weighted by Gasteiger charge is 2.43. The maximum Gasteiger partial charge on any atom is 0.150 e. The van der Waals surface area contributed by atoms with Crippen LogP contribution in [0.4, 0.5) is 0 Å². The van der Waals surface area contributed by atoms with E-state index in [9.17, 15) is 4.79 Å². The van der Waals surface area contributed by atoms with Gasteiger partial charge in [-0.25, -0.2) is 0 Å². The van der Waals surface area contributed by atoms with Crippen LogP contribution in [-0.4, -0.2) is 6.29 Å². The van der Waals surface area contributed by atoms with Crippen LogP contribution in [-0.2, 0) is 5.41 Å². The first-order chi connectivity index (χ1) is 9.80. The zero-order chi connectivity index (χ0) is 14.3. The molecule has 1 aromatic carbocycles. The molecule has 110 valence electrons. The zero-order valence-electron chi connectivity index (χ0n) is 12.9. The fourth-order valence-corrected chi connectivity index (χ4v) is 3.17. The van der Waals surface area contributed by atoms with Crippen molar-refractivity contribution in [2.45, 2.75) is 76.5 Å². The van der Waals surface area contributed by atoms with Crippen LogP contribution in [0.15, 0.2) is 24.3 Å². The number of benzene rings is 1. The third-order valence-electron chi connectivity index (χ3n) is 4.77. The van der Waals surface area contributed by atoms with Gasteiger partial charge in [0, 0.05) is 5.56 Å². The summed E-state index contributed by atoms with van der Waals surface area (Å²) in [5.41, 5.74) is 2.71. The summed E-state index contributed by atoms with van der Waals surface area (Å²) in [6, 6.07) is 8.26. The standard InChI is InChI=1S/C19H28O/c1-2-3-4-5-6-7-8-13-19(14-15-19)18-11-9-17(16-20)10-12-18/h9-12,16H,2-8,13-15H2,1H3. The van der Waals surface area contributed by atoms with E-state index in [1.807, 2.05) is 12.1 Å². The Labute approximate surface area is 123 Å². The third kappa shape index (κ3) is 4.19. The Bertz CT molecular complexity index is 400. The number of hydrogen-bond acceptors (Lipinski definition) is 1. The van der Waals surface area contributed by atoms with Crippen molar-refractivity contribution in [3.8, 4) is 0 Å². The summed E-state index contributed by atoms with van der Waals surface area (Å²) in [7, 11) is 0. The number of rotatable bonds is 10. The summed E-state index contributed by atoms with van der Waals surface area (Å²) in [5, 5.41) is 0. The lowest BCUT2D eigenvalue weighted by molar-refractivity contribution is 0.112. The van der Waals surface area contributed by atoms with Crippen LogP contribution in [0, 0.1) is 0 Å². The quantitative estimate of drug-likeness (QED) is 0.396. The molecule has 1 aromatic rings. The predicted molar refractivity (Wildman–Crippen MR) is 85.4 cm³/mol. The molecule has 0 amide bonds. The summed E-state index contributed by atoms with van der Waals surface area (Å²) < 4.78 is 0. The molecule has 0 unspecified atom stereocenters. The molecule has 2 rings (SSSR count). The van der Waals surface area contributed by atoms with Crippen LogP contribution in [0.5, 0.6) is 0 Å². The molecule has 1 nitrogen and oxygen atoms in total. The molecule has 0 spiro atoms. The van der Waals surface area contributed by atoms with Gasteiger partial charge in [0.25, 0.3) is 0 Å². The van der Waals surface area contributed by atoms with E-state index >= 15 is 0 Å². The third-order valence-corrected chi connectivity index (χ3v) is 4.77. The van der Waals surface area contributed by atoms with E-state index in [4.69, 9.17) is 0 Å². The molecular formula is C19H28O. The first-order valence-electron chi connectivity index (χ1n) is 8.36. The van der Waals surface area contributed by atoms with Crippen molar-refractivity contribution >= 4 is 6.29 Å². The number of aldehydes is 1. The van der Waals surface area contributed by atoms with Crippen molar-refractivity contribution in [2.75, 3.05) is 0 Å². The molecule has 1 fully saturated rings. The van der Waals surface area contributed by atoms with E-state index in [1.165, 1.54) is 69.8 Å². The van der Waals surface area contributed by atoms with Gasteiger partial charge in [-0.3, -0.25) is 4.79 Å². The molecule has 1 heteroatoms. The average molecular weight is 272 g/mol. The van der Waals surface area contributed by atoms with Crippen LogP contribution in [0.25, 0.3) is 0 Å². The molecule has 0 aliphatic heterocycles. The normalized spacial score (nSPS) is 16.1. The highest BCUT2D eigenvalue weighted by atomic mass is 16.1. The summed E-state index contributed by atoms with van der Waals surface area (Å²) in [6.07, 6.45) is 14.6. The van der Waals surface area contributed by atoms with Gasteiger partial charge in [-0.1, -0.05) is 76.1 Å². The topological polar surface area (TPSA) is 17.1 Å². The van der Waals surface area contributed by atoms with Crippen LogP contribution >= 0.6 is 0 Å². The Balaban J connectivity index is 1.70. The van der Waals surface area contributed by atoms with Crippen LogP contribution < -0.4 is 0 Å². The molecule has 1 aliphatic rings. The second kappa shape index (κ2) is 7.61. The van der Waals surface area contributed by atoms with Gasteiger partial charge in [-0.15, -0.1) is 0 Å². The van der Waals surface area contributed by atoms with Gasteiger partial charge in [0.05, 0.1) is 0 Å². The minimum Gasteiger partial charge on any atom is -0.298 e. The fraction of sp³-hybridized carbons (Fsp3) is 0.632. The van der Waals surface area contributed by atoms with Crippen molar-refractivity contribution in [2.24, 2.45) is 0 Å². The summed E-state index contributed by atoms with van der Waals surface area (Å²) in [6.45, 7) is 2.27. The van der Waals surface area contributed by atoms with Crippen LogP contribution in [0.2, 0.25) is 0 Å². The largest absolute Gasteiger partial charge is 0.298 e. The molecule has 0 atom stereocenters. The zero-order valence-corrected chi connectivity index (χ0v) is 12.9. The lowest BCUT2D eigenvalue weighted by Crippen LogP contribution is -2.06. The molecule has 0 bridgehead atoms. The van der Waals surface area contributed by atoms with Crippen molar-refractivity contribution < 1.29 is 4.79 Å². The minimum absolute atomic E-state index is 0.463. The molecule has 0 heterocycles. The molecule has 20 heavy (non-hydrogen) atoms. The van der Waals surface area contributed by atoms with Gasteiger partial charge >= 0.3 is 0 Å². The Morgan fingerprint density at radius 1 is 0.950 bits per heavy atom. The molecule has 0 aromatic heterocycles. The van der Waals surface area contributed by atoms with E-state index in [0.717, 1.165) is 11.8 Å². The maximum absolute atomic E-state index is 10.7. The molecule has 0 radical (unpaired) electrons. The molecule has 1 saturated carbocycles. The second-order valence-corrected chi connectivity index (χ2v) is 6.39. The number of hydrogen-bond donors (Lipinski definition) is 0. The van der Waals surface area contributed by atoms with Crippen molar-refractivity contribution in [3.63, 3.8) is 0 Å². The van der Waals surface area contributed by atoms with E-state index in [1.54, 1.807) is 0 Å². The summed E-state index contributed by atoms with van der Waals surface area (Å²) in [5.74, 6) is 0. The first kappa shape index (κ1) is 15.3. The predicted octanol–water partition coefficient (Wildman–Crippen LogP) is 5.67. The Morgan fingerprint density at radius 2 is 1.55 bits per heavy atom. The monoisotopic (exact) mass is 272 g/mol. The summed E-state index contributed by atoms with van der Waals surface area (Å²) >= 11 is 0. The Hall–Kier alpha value is -1.11. The lowest BCUT2D eigenvalue weighted by Gasteiger charge is -2.15.